The van der Waals surface area contributed by atoms with Crippen LogP contribution in [0.4, 0.5) is 0 Å². The number of halogens is 1. The molecule has 5 nitrogen and oxygen atoms in total. The van der Waals surface area contributed by atoms with Crippen molar-refractivity contribution in [3.8, 4) is 0 Å². The number of hydrogen-bond donors (Lipinski definition) is 2. The fourth-order valence-corrected chi connectivity index (χ4v) is 6.07. The summed E-state index contributed by atoms with van der Waals surface area (Å²) in [5, 5.41) is 3.90. The van der Waals surface area contributed by atoms with Gasteiger partial charge in [0.1, 0.15) is 0 Å². The van der Waals surface area contributed by atoms with Crippen molar-refractivity contribution in [2.45, 2.75) is 30.2 Å². The maximum atomic E-state index is 12.9. The maximum absolute atomic E-state index is 12.9. The van der Waals surface area contributed by atoms with Crippen LogP contribution in [0, 0.1) is 0 Å². The van der Waals surface area contributed by atoms with Gasteiger partial charge in [0.05, 0.1) is 4.90 Å². The Balaban J connectivity index is 1.16. The summed E-state index contributed by atoms with van der Waals surface area (Å²) in [6.07, 6.45) is 4.87. The van der Waals surface area contributed by atoms with Gasteiger partial charge in [-0.1, -0.05) is 41.9 Å². The first kappa shape index (κ1) is 21.5. The van der Waals surface area contributed by atoms with Crippen LogP contribution >= 0.6 is 11.6 Å². The van der Waals surface area contributed by atoms with Crippen LogP contribution in [0.25, 0.3) is 21.7 Å². The van der Waals surface area contributed by atoms with Crippen molar-refractivity contribution in [1.29, 1.82) is 0 Å². The molecule has 166 valence electrons. The molecule has 1 saturated heterocycles. The molecule has 2 N–H and O–H groups in total. The number of nitrogens with one attached hydrogen (secondary N) is 2. The lowest BCUT2D eigenvalue weighted by Crippen LogP contribution is -2.37. The smallest absolute Gasteiger partial charge is 0.240 e. The van der Waals surface area contributed by atoms with E-state index in [2.05, 4.69) is 20.8 Å². The van der Waals surface area contributed by atoms with Gasteiger partial charge in [-0.15, -0.1) is 0 Å². The van der Waals surface area contributed by atoms with Crippen LogP contribution in [0.3, 0.4) is 0 Å². The van der Waals surface area contributed by atoms with Crippen LogP contribution in [-0.4, -0.2) is 44.0 Å². The highest BCUT2D eigenvalue weighted by Gasteiger charge is 2.27. The predicted molar refractivity (Wildman–Crippen MR) is 131 cm³/mol. The molecule has 1 unspecified atom stereocenters. The highest BCUT2D eigenvalue weighted by molar-refractivity contribution is 7.89. The molecule has 5 rings (SSSR count). The summed E-state index contributed by atoms with van der Waals surface area (Å²) in [5.74, 6) is 0. The van der Waals surface area contributed by atoms with Gasteiger partial charge in [0.2, 0.25) is 10.0 Å². The van der Waals surface area contributed by atoms with Gasteiger partial charge in [-0.2, -0.15) is 0 Å². The normalized spacial score (nSPS) is 17.5. The van der Waals surface area contributed by atoms with E-state index in [-0.39, 0.29) is 6.04 Å². The van der Waals surface area contributed by atoms with Gasteiger partial charge < -0.3 is 9.88 Å². The van der Waals surface area contributed by atoms with Crippen molar-refractivity contribution in [1.82, 2.24) is 14.6 Å². The zero-order valence-electron chi connectivity index (χ0n) is 17.7. The average Bonchev–Trinajstić information content (AvgIpc) is 3.39. The first-order chi connectivity index (χ1) is 15.5. The molecular formula is C25H26ClN3O2S. The molecule has 1 aliphatic rings. The fraction of sp³-hybridized carbons (Fsp3) is 0.280. The third kappa shape index (κ3) is 4.55. The quantitative estimate of drug-likeness (QED) is 0.403. The second kappa shape index (κ2) is 8.87. The number of aromatic nitrogens is 1. The summed E-state index contributed by atoms with van der Waals surface area (Å²) in [5.41, 5.74) is 2.38. The van der Waals surface area contributed by atoms with Crippen molar-refractivity contribution < 1.29 is 8.42 Å². The second-order valence-corrected chi connectivity index (χ2v) is 10.7. The number of nitrogens with zero attached hydrogens (tertiary/aromatic N) is 1. The van der Waals surface area contributed by atoms with Crippen LogP contribution in [0.15, 0.2) is 71.8 Å². The maximum Gasteiger partial charge on any atom is 0.240 e. The summed E-state index contributed by atoms with van der Waals surface area (Å²) in [6, 6.07) is 19.0. The summed E-state index contributed by atoms with van der Waals surface area (Å²) >= 11 is 6.15. The lowest BCUT2D eigenvalue weighted by Gasteiger charge is -2.17. The molecule has 0 aliphatic carbocycles. The van der Waals surface area contributed by atoms with E-state index in [9.17, 15) is 8.42 Å². The Kier molecular flexibility index (Phi) is 5.95. The zero-order chi connectivity index (χ0) is 22.1. The van der Waals surface area contributed by atoms with Crippen LogP contribution in [0.2, 0.25) is 5.02 Å². The van der Waals surface area contributed by atoms with Crippen molar-refractivity contribution in [3.63, 3.8) is 0 Å². The van der Waals surface area contributed by atoms with E-state index in [0.29, 0.717) is 4.90 Å². The summed E-state index contributed by atoms with van der Waals surface area (Å²) in [6.45, 7) is 2.60. The number of aromatic amines is 1. The number of sulfonamides is 1. The molecule has 1 atom stereocenters. The molecule has 7 heteroatoms. The van der Waals surface area contributed by atoms with E-state index < -0.39 is 10.0 Å². The monoisotopic (exact) mass is 467 g/mol. The van der Waals surface area contributed by atoms with E-state index in [1.807, 2.05) is 48.5 Å². The van der Waals surface area contributed by atoms with Gasteiger partial charge in [-0.25, -0.2) is 13.1 Å². The van der Waals surface area contributed by atoms with Crippen LogP contribution in [-0.2, 0) is 16.4 Å². The third-order valence-electron chi connectivity index (χ3n) is 6.28. The minimum absolute atomic E-state index is 0.0571. The SMILES string of the molecule is O=S(=O)(NC1CCN(CCCc2c[nH]c3ccc(Cl)cc23)C1)c1ccc2ccccc2c1. The summed E-state index contributed by atoms with van der Waals surface area (Å²) in [4.78, 5) is 5.97. The number of likely N-dealkylation sites (tertiary alicyclic amines) is 1. The van der Waals surface area contributed by atoms with Gasteiger partial charge in [-0.05, 0) is 79.0 Å². The Morgan fingerprint density at radius 3 is 2.78 bits per heavy atom. The minimum Gasteiger partial charge on any atom is -0.361 e. The summed E-state index contributed by atoms with van der Waals surface area (Å²) < 4.78 is 28.7. The van der Waals surface area contributed by atoms with E-state index in [0.717, 1.165) is 60.2 Å². The van der Waals surface area contributed by atoms with E-state index >= 15 is 0 Å². The van der Waals surface area contributed by atoms with E-state index in [4.69, 9.17) is 11.6 Å². The van der Waals surface area contributed by atoms with Gasteiger partial charge >= 0.3 is 0 Å². The fourth-order valence-electron chi connectivity index (χ4n) is 4.60. The molecule has 4 aromatic rings. The van der Waals surface area contributed by atoms with E-state index in [1.165, 1.54) is 10.9 Å². The number of benzene rings is 3. The Labute approximate surface area is 193 Å². The molecule has 1 aromatic heterocycles. The lowest BCUT2D eigenvalue weighted by atomic mass is 10.1. The van der Waals surface area contributed by atoms with Gasteiger partial charge in [0, 0.05) is 34.7 Å². The molecule has 0 radical (unpaired) electrons. The lowest BCUT2D eigenvalue weighted by molar-refractivity contribution is 0.327. The average molecular weight is 468 g/mol. The molecule has 32 heavy (non-hydrogen) atoms. The molecule has 0 spiro atoms. The Bertz CT molecular complexity index is 1370. The standard InChI is InChI=1S/C25H26ClN3O2S/c26-21-8-10-25-24(15-21)20(16-27-25)6-3-12-29-13-11-22(17-29)28-32(30,31)23-9-7-18-4-1-2-5-19(18)14-23/h1-2,4-5,7-10,14-16,22,27-28H,3,6,11-13,17H2. The Hall–Kier alpha value is -2.38. The highest BCUT2D eigenvalue weighted by atomic mass is 35.5. The molecule has 1 fully saturated rings. The third-order valence-corrected chi connectivity index (χ3v) is 8.03. The van der Waals surface area contributed by atoms with Crippen LogP contribution < -0.4 is 4.72 Å². The molecule has 0 saturated carbocycles. The second-order valence-electron chi connectivity index (χ2n) is 8.52. The van der Waals surface area contributed by atoms with Crippen molar-refractivity contribution in [3.05, 3.63) is 77.4 Å². The van der Waals surface area contributed by atoms with Crippen LogP contribution in [0.1, 0.15) is 18.4 Å². The first-order valence-electron chi connectivity index (χ1n) is 11.0. The predicted octanol–water partition coefficient (Wildman–Crippen LogP) is 4.96. The molecule has 3 aromatic carbocycles. The zero-order valence-corrected chi connectivity index (χ0v) is 19.3. The largest absolute Gasteiger partial charge is 0.361 e. The Morgan fingerprint density at radius 2 is 1.91 bits per heavy atom. The highest BCUT2D eigenvalue weighted by Crippen LogP contribution is 2.24. The van der Waals surface area contributed by atoms with E-state index in [1.54, 1.807) is 12.1 Å². The molecule has 2 heterocycles. The molecule has 1 aliphatic heterocycles. The van der Waals surface area contributed by atoms with Crippen LogP contribution in [0.5, 0.6) is 0 Å². The topological polar surface area (TPSA) is 65.2 Å². The van der Waals surface area contributed by atoms with Gasteiger partial charge in [0.25, 0.3) is 0 Å². The number of H-pyrrole nitrogens is 1. The Morgan fingerprint density at radius 1 is 1.06 bits per heavy atom. The first-order valence-corrected chi connectivity index (χ1v) is 12.8. The van der Waals surface area contributed by atoms with Gasteiger partial charge in [0.15, 0.2) is 0 Å². The number of rotatable bonds is 7. The summed E-state index contributed by atoms with van der Waals surface area (Å²) in [7, 11) is -3.54. The molecule has 0 bridgehead atoms. The van der Waals surface area contributed by atoms with Crippen molar-refractivity contribution in [2.75, 3.05) is 19.6 Å². The molecule has 0 amide bonds. The molecular weight excluding hydrogens is 442 g/mol. The minimum atomic E-state index is -3.54. The number of fused-ring (bicyclic) bond motifs is 2. The number of aryl methyl sites for hydroxylation is 1. The van der Waals surface area contributed by atoms with Crippen molar-refractivity contribution in [2.24, 2.45) is 0 Å². The number of hydrogen-bond acceptors (Lipinski definition) is 3. The van der Waals surface area contributed by atoms with Crippen molar-refractivity contribution >= 4 is 43.3 Å². The van der Waals surface area contributed by atoms with Gasteiger partial charge in [-0.3, -0.25) is 0 Å².